The second-order valence-electron chi connectivity index (χ2n) is 9.68. The molecule has 1 aliphatic rings. The fourth-order valence-electron chi connectivity index (χ4n) is 5.32. The number of nitrogens with zero attached hydrogens (tertiary/aromatic N) is 1. The Balaban J connectivity index is 2.28. The zero-order chi connectivity index (χ0) is 24.5. The average molecular weight is 492 g/mol. The first-order chi connectivity index (χ1) is 15.4. The van der Waals surface area contributed by atoms with E-state index in [-0.39, 0.29) is 24.2 Å². The molecule has 0 saturated carbocycles. The molecule has 0 bridgehead atoms. The molecular weight excluding hydrogens is 461 g/mol. The summed E-state index contributed by atoms with van der Waals surface area (Å²) >= 11 is 12.5. The minimum atomic E-state index is -1.14. The number of rotatable bonds is 7. The number of carbonyl (C=O) groups is 2. The van der Waals surface area contributed by atoms with Gasteiger partial charge in [0.25, 0.3) is 0 Å². The summed E-state index contributed by atoms with van der Waals surface area (Å²) in [7, 11) is 0. The number of carboxylic acids is 1. The van der Waals surface area contributed by atoms with Crippen LogP contribution in [0.5, 0.6) is 0 Å². The standard InChI is InChI=1S/C26H31Cl2NO4/c1-15(2)23(16(3)30)29-24(17-8-10-19(27)11-9-17)21(18-6-5-7-20(28)12-18)13-26(4,25(29)33)14-22(31)32/h5-12,15-16,21,23-24,30H,13-14H2,1-4H3,(H,31,32)/t16-,21+,23-,24+,26+/m0/s1. The van der Waals surface area contributed by atoms with Crippen molar-refractivity contribution in [3.8, 4) is 0 Å². The maximum atomic E-state index is 14.0. The molecule has 178 valence electrons. The molecule has 1 aliphatic heterocycles. The molecule has 0 aromatic heterocycles. The van der Waals surface area contributed by atoms with Crippen LogP contribution in [0, 0.1) is 11.3 Å². The minimum absolute atomic E-state index is 0.0593. The van der Waals surface area contributed by atoms with Crippen molar-refractivity contribution < 1.29 is 19.8 Å². The lowest BCUT2D eigenvalue weighted by Crippen LogP contribution is -2.59. The Morgan fingerprint density at radius 3 is 2.24 bits per heavy atom. The third-order valence-electron chi connectivity index (χ3n) is 6.63. The third kappa shape index (κ3) is 5.37. The summed E-state index contributed by atoms with van der Waals surface area (Å²) in [5.74, 6) is -1.58. The van der Waals surface area contributed by atoms with Crippen LogP contribution in [-0.2, 0) is 9.59 Å². The van der Waals surface area contributed by atoms with Crippen molar-refractivity contribution in [2.45, 2.75) is 64.6 Å². The van der Waals surface area contributed by atoms with Gasteiger partial charge in [-0.2, -0.15) is 0 Å². The van der Waals surface area contributed by atoms with E-state index in [0.29, 0.717) is 16.5 Å². The van der Waals surface area contributed by atoms with E-state index < -0.39 is 29.6 Å². The van der Waals surface area contributed by atoms with E-state index in [1.807, 2.05) is 44.2 Å². The number of halogens is 2. The summed E-state index contributed by atoms with van der Waals surface area (Å²) in [5, 5.41) is 21.6. The number of carbonyl (C=O) groups excluding carboxylic acids is 1. The molecule has 0 spiro atoms. The highest BCUT2D eigenvalue weighted by Crippen LogP contribution is 2.52. The van der Waals surface area contributed by atoms with Gasteiger partial charge in [0.05, 0.1) is 30.0 Å². The maximum absolute atomic E-state index is 14.0. The van der Waals surface area contributed by atoms with E-state index in [9.17, 15) is 19.8 Å². The monoisotopic (exact) mass is 491 g/mol. The largest absolute Gasteiger partial charge is 0.481 e. The van der Waals surface area contributed by atoms with Gasteiger partial charge >= 0.3 is 5.97 Å². The Morgan fingerprint density at radius 1 is 1.09 bits per heavy atom. The van der Waals surface area contributed by atoms with Crippen LogP contribution < -0.4 is 0 Å². The van der Waals surface area contributed by atoms with E-state index in [1.54, 1.807) is 36.9 Å². The predicted octanol–water partition coefficient (Wildman–Crippen LogP) is 5.94. The Labute approximate surface area is 205 Å². The zero-order valence-corrected chi connectivity index (χ0v) is 20.8. The molecule has 5 nitrogen and oxygen atoms in total. The van der Waals surface area contributed by atoms with Gasteiger partial charge < -0.3 is 15.1 Å². The Kier molecular flexibility index (Phi) is 7.77. The van der Waals surface area contributed by atoms with Gasteiger partial charge in [0, 0.05) is 16.0 Å². The molecule has 2 N–H and O–H groups in total. The van der Waals surface area contributed by atoms with Gasteiger partial charge in [-0.15, -0.1) is 0 Å². The van der Waals surface area contributed by atoms with Crippen LogP contribution in [0.2, 0.25) is 10.0 Å². The van der Waals surface area contributed by atoms with Crippen molar-refractivity contribution in [3.05, 3.63) is 69.7 Å². The number of benzene rings is 2. The summed E-state index contributed by atoms with van der Waals surface area (Å²) in [6.07, 6.45) is -0.763. The van der Waals surface area contributed by atoms with E-state index in [2.05, 4.69) is 0 Å². The molecular formula is C26H31Cl2NO4. The zero-order valence-electron chi connectivity index (χ0n) is 19.3. The highest BCUT2D eigenvalue weighted by atomic mass is 35.5. The molecule has 1 heterocycles. The smallest absolute Gasteiger partial charge is 0.304 e. The van der Waals surface area contributed by atoms with Gasteiger partial charge in [0.2, 0.25) is 5.91 Å². The lowest BCUT2D eigenvalue weighted by Gasteiger charge is -2.53. The second kappa shape index (κ2) is 10.0. The number of hydrogen-bond donors (Lipinski definition) is 2. The topological polar surface area (TPSA) is 77.8 Å². The average Bonchev–Trinajstić information content (AvgIpc) is 2.71. The summed E-state index contributed by atoms with van der Waals surface area (Å²) in [6, 6.07) is 13.9. The quantitative estimate of drug-likeness (QED) is 0.502. The van der Waals surface area contributed by atoms with Gasteiger partial charge in [-0.05, 0) is 54.7 Å². The lowest BCUT2D eigenvalue weighted by molar-refractivity contribution is -0.165. The van der Waals surface area contributed by atoms with Crippen LogP contribution in [0.4, 0.5) is 0 Å². The molecule has 1 fully saturated rings. The molecule has 3 rings (SSSR count). The lowest BCUT2D eigenvalue weighted by atomic mass is 9.66. The molecule has 5 atom stereocenters. The first kappa shape index (κ1) is 25.5. The van der Waals surface area contributed by atoms with E-state index >= 15 is 0 Å². The van der Waals surface area contributed by atoms with Crippen molar-refractivity contribution in [2.24, 2.45) is 11.3 Å². The molecule has 2 aromatic rings. The summed E-state index contributed by atoms with van der Waals surface area (Å²) in [5.41, 5.74) is 0.662. The highest BCUT2D eigenvalue weighted by Gasteiger charge is 2.53. The van der Waals surface area contributed by atoms with Gasteiger partial charge in [0.15, 0.2) is 0 Å². The number of carboxylic acid groups (broad SMARTS) is 1. The van der Waals surface area contributed by atoms with Crippen molar-refractivity contribution in [1.29, 1.82) is 0 Å². The van der Waals surface area contributed by atoms with Crippen molar-refractivity contribution in [2.75, 3.05) is 0 Å². The van der Waals surface area contributed by atoms with Crippen LogP contribution in [0.3, 0.4) is 0 Å². The van der Waals surface area contributed by atoms with Crippen molar-refractivity contribution >= 4 is 35.1 Å². The predicted molar refractivity (Wildman–Crippen MR) is 131 cm³/mol. The first-order valence-electron chi connectivity index (χ1n) is 11.2. The highest BCUT2D eigenvalue weighted by molar-refractivity contribution is 6.30. The molecule has 1 saturated heterocycles. The van der Waals surface area contributed by atoms with Crippen LogP contribution in [0.25, 0.3) is 0 Å². The van der Waals surface area contributed by atoms with Gasteiger partial charge in [0.1, 0.15) is 0 Å². The van der Waals surface area contributed by atoms with Crippen LogP contribution in [-0.4, -0.2) is 39.1 Å². The number of hydrogen-bond acceptors (Lipinski definition) is 3. The maximum Gasteiger partial charge on any atom is 0.304 e. The normalized spacial score (nSPS) is 25.2. The summed E-state index contributed by atoms with van der Waals surface area (Å²) < 4.78 is 0. The van der Waals surface area contributed by atoms with Gasteiger partial charge in [-0.1, -0.05) is 68.2 Å². The molecule has 0 unspecified atom stereocenters. The van der Waals surface area contributed by atoms with Crippen molar-refractivity contribution in [1.82, 2.24) is 4.90 Å². The Bertz CT molecular complexity index is 1000. The first-order valence-corrected chi connectivity index (χ1v) is 11.9. The van der Waals surface area contributed by atoms with Gasteiger partial charge in [-0.25, -0.2) is 0 Å². The van der Waals surface area contributed by atoms with E-state index in [4.69, 9.17) is 23.2 Å². The van der Waals surface area contributed by atoms with Crippen molar-refractivity contribution in [3.63, 3.8) is 0 Å². The van der Waals surface area contributed by atoms with Crippen LogP contribution >= 0.6 is 23.2 Å². The third-order valence-corrected chi connectivity index (χ3v) is 7.12. The van der Waals surface area contributed by atoms with E-state index in [1.165, 1.54) is 0 Å². The number of aliphatic hydroxyl groups excluding tert-OH is 1. The Morgan fingerprint density at radius 2 is 1.73 bits per heavy atom. The summed E-state index contributed by atoms with van der Waals surface area (Å²) in [6.45, 7) is 7.31. The van der Waals surface area contributed by atoms with E-state index in [0.717, 1.165) is 11.1 Å². The molecule has 33 heavy (non-hydrogen) atoms. The molecule has 2 aromatic carbocycles. The SMILES string of the molecule is CC(C)[C@@H]([C@H](C)O)N1C(=O)[C@@](C)(CC(=O)O)C[C@H](c2cccc(Cl)c2)[C@H]1c1ccc(Cl)cc1. The summed E-state index contributed by atoms with van der Waals surface area (Å²) in [4.78, 5) is 27.6. The molecule has 0 aliphatic carbocycles. The Hall–Kier alpha value is -2.08. The number of likely N-dealkylation sites (tertiary alicyclic amines) is 1. The van der Waals surface area contributed by atoms with Crippen LogP contribution in [0.1, 0.15) is 63.6 Å². The van der Waals surface area contributed by atoms with Gasteiger partial charge in [-0.3, -0.25) is 9.59 Å². The fourth-order valence-corrected chi connectivity index (χ4v) is 5.64. The molecule has 0 radical (unpaired) electrons. The number of aliphatic carboxylic acids is 1. The number of piperidine rings is 1. The van der Waals surface area contributed by atoms with Crippen LogP contribution in [0.15, 0.2) is 48.5 Å². The number of aliphatic hydroxyl groups is 1. The fraction of sp³-hybridized carbons (Fsp3) is 0.462. The molecule has 7 heteroatoms. The molecule has 1 amide bonds. The number of amides is 1. The second-order valence-corrected chi connectivity index (χ2v) is 10.6. The minimum Gasteiger partial charge on any atom is -0.481 e.